The van der Waals surface area contributed by atoms with Gasteiger partial charge in [-0.05, 0) is 28.6 Å². The fourth-order valence-corrected chi connectivity index (χ4v) is 4.55. The van der Waals surface area contributed by atoms with Crippen LogP contribution < -0.4 is 9.47 Å². The van der Waals surface area contributed by atoms with Gasteiger partial charge in [0.25, 0.3) is 0 Å². The van der Waals surface area contributed by atoms with Crippen LogP contribution in [0.15, 0.2) is 42.5 Å². The van der Waals surface area contributed by atoms with Gasteiger partial charge in [-0.1, -0.05) is 71.0 Å². The molecule has 0 spiro atoms. The SMILES string of the molecule is CCSCCOc1c2ccccc2c(OCCSCC)c2cc(C(C)(C)C)ccc12. The number of fused-ring (bicyclic) bond motifs is 2. The summed E-state index contributed by atoms with van der Waals surface area (Å²) in [4.78, 5) is 0. The van der Waals surface area contributed by atoms with E-state index in [0.717, 1.165) is 56.1 Å². The summed E-state index contributed by atoms with van der Waals surface area (Å²) in [7, 11) is 0. The summed E-state index contributed by atoms with van der Waals surface area (Å²) in [6.45, 7) is 12.6. The number of hydrogen-bond donors (Lipinski definition) is 0. The van der Waals surface area contributed by atoms with E-state index in [9.17, 15) is 0 Å². The van der Waals surface area contributed by atoms with Crippen molar-refractivity contribution in [2.24, 2.45) is 0 Å². The van der Waals surface area contributed by atoms with E-state index in [1.165, 1.54) is 5.56 Å². The predicted molar refractivity (Wildman–Crippen MR) is 137 cm³/mol. The molecule has 0 radical (unpaired) electrons. The van der Waals surface area contributed by atoms with Crippen LogP contribution in [0.25, 0.3) is 21.5 Å². The summed E-state index contributed by atoms with van der Waals surface area (Å²) in [5, 5.41) is 4.56. The largest absolute Gasteiger partial charge is 0.491 e. The van der Waals surface area contributed by atoms with Crippen LogP contribution in [0.1, 0.15) is 40.2 Å². The molecular formula is C26H34O2S2. The average molecular weight is 443 g/mol. The molecule has 0 aliphatic carbocycles. The summed E-state index contributed by atoms with van der Waals surface area (Å²) in [5.74, 6) is 6.19. The molecule has 0 unspecified atom stereocenters. The molecule has 162 valence electrons. The highest BCUT2D eigenvalue weighted by molar-refractivity contribution is 7.99. The van der Waals surface area contributed by atoms with Crippen molar-refractivity contribution in [1.29, 1.82) is 0 Å². The molecule has 0 amide bonds. The molecule has 3 aromatic rings. The summed E-state index contributed by atoms with van der Waals surface area (Å²) in [6, 6.07) is 15.3. The molecule has 4 heteroatoms. The molecule has 2 nitrogen and oxygen atoms in total. The van der Waals surface area contributed by atoms with Gasteiger partial charge in [-0.3, -0.25) is 0 Å². The summed E-state index contributed by atoms with van der Waals surface area (Å²) in [5.41, 5.74) is 1.39. The second-order valence-electron chi connectivity index (χ2n) is 8.30. The minimum absolute atomic E-state index is 0.0773. The number of benzene rings is 3. The van der Waals surface area contributed by atoms with Crippen molar-refractivity contribution < 1.29 is 9.47 Å². The molecule has 0 saturated carbocycles. The van der Waals surface area contributed by atoms with Gasteiger partial charge in [0.15, 0.2) is 0 Å². The van der Waals surface area contributed by atoms with Gasteiger partial charge in [-0.15, -0.1) is 0 Å². The van der Waals surface area contributed by atoms with Crippen LogP contribution in [-0.4, -0.2) is 36.2 Å². The van der Waals surface area contributed by atoms with Gasteiger partial charge in [0.2, 0.25) is 0 Å². The van der Waals surface area contributed by atoms with Crippen LogP contribution in [0, 0.1) is 0 Å². The van der Waals surface area contributed by atoms with Gasteiger partial charge in [0.05, 0.1) is 13.2 Å². The van der Waals surface area contributed by atoms with E-state index in [1.807, 2.05) is 23.5 Å². The van der Waals surface area contributed by atoms with E-state index in [1.54, 1.807) is 0 Å². The van der Waals surface area contributed by atoms with Crippen LogP contribution in [-0.2, 0) is 5.41 Å². The van der Waals surface area contributed by atoms with E-state index in [-0.39, 0.29) is 5.41 Å². The van der Waals surface area contributed by atoms with Gasteiger partial charge >= 0.3 is 0 Å². The number of rotatable bonds is 10. The zero-order valence-electron chi connectivity index (χ0n) is 18.9. The van der Waals surface area contributed by atoms with Crippen molar-refractivity contribution in [2.45, 2.75) is 40.0 Å². The van der Waals surface area contributed by atoms with Gasteiger partial charge in [-0.25, -0.2) is 0 Å². The van der Waals surface area contributed by atoms with E-state index in [2.05, 4.69) is 77.1 Å². The van der Waals surface area contributed by atoms with Crippen molar-refractivity contribution in [3.8, 4) is 11.5 Å². The number of ether oxygens (including phenoxy) is 2. The highest BCUT2D eigenvalue weighted by atomic mass is 32.2. The molecule has 0 N–H and O–H groups in total. The topological polar surface area (TPSA) is 18.5 Å². The van der Waals surface area contributed by atoms with Crippen LogP contribution in [0.5, 0.6) is 11.5 Å². The lowest BCUT2D eigenvalue weighted by molar-refractivity contribution is 0.346. The Hall–Kier alpha value is -1.52. The van der Waals surface area contributed by atoms with E-state index < -0.39 is 0 Å². The fourth-order valence-electron chi connectivity index (χ4n) is 3.57. The highest BCUT2D eigenvalue weighted by Crippen LogP contribution is 2.44. The molecule has 3 aromatic carbocycles. The first-order valence-electron chi connectivity index (χ1n) is 10.9. The van der Waals surface area contributed by atoms with Crippen molar-refractivity contribution >= 4 is 45.1 Å². The lowest BCUT2D eigenvalue weighted by Gasteiger charge is -2.22. The first-order valence-corrected chi connectivity index (χ1v) is 13.2. The standard InChI is InChI=1S/C26H34O2S2/c1-6-29-16-14-27-24-20-10-8-9-11-21(20)25(28-15-17-30-7-2)23-18-19(26(3,4)5)12-13-22(23)24/h8-13,18H,6-7,14-17H2,1-5H3. The van der Waals surface area contributed by atoms with Crippen molar-refractivity contribution in [3.05, 3.63) is 48.0 Å². The maximum atomic E-state index is 6.42. The first-order chi connectivity index (χ1) is 14.5. The smallest absolute Gasteiger partial charge is 0.135 e. The molecule has 0 aromatic heterocycles. The van der Waals surface area contributed by atoms with Crippen LogP contribution in [0.3, 0.4) is 0 Å². The first kappa shape index (κ1) is 23.1. The Morgan fingerprint density at radius 2 is 1.20 bits per heavy atom. The molecule has 0 saturated heterocycles. The molecule has 0 aliphatic rings. The Morgan fingerprint density at radius 1 is 0.700 bits per heavy atom. The lowest BCUT2D eigenvalue weighted by atomic mass is 9.85. The van der Waals surface area contributed by atoms with Crippen LogP contribution in [0.2, 0.25) is 0 Å². The lowest BCUT2D eigenvalue weighted by Crippen LogP contribution is -2.11. The van der Waals surface area contributed by atoms with E-state index in [0.29, 0.717) is 13.2 Å². The van der Waals surface area contributed by atoms with Gasteiger partial charge < -0.3 is 9.47 Å². The summed E-state index contributed by atoms with van der Waals surface area (Å²) >= 11 is 3.82. The van der Waals surface area contributed by atoms with E-state index in [4.69, 9.17) is 9.47 Å². The third-order valence-electron chi connectivity index (χ3n) is 5.15. The molecule has 30 heavy (non-hydrogen) atoms. The Bertz CT molecular complexity index is 976. The molecular weight excluding hydrogens is 408 g/mol. The molecule has 3 rings (SSSR count). The Morgan fingerprint density at radius 3 is 1.70 bits per heavy atom. The maximum absolute atomic E-state index is 6.42. The van der Waals surface area contributed by atoms with Crippen molar-refractivity contribution in [3.63, 3.8) is 0 Å². The third-order valence-corrected chi connectivity index (χ3v) is 6.87. The molecule has 0 heterocycles. The number of thioether (sulfide) groups is 2. The molecule has 0 fully saturated rings. The van der Waals surface area contributed by atoms with Crippen molar-refractivity contribution in [1.82, 2.24) is 0 Å². The average Bonchev–Trinajstić information content (AvgIpc) is 2.73. The molecule has 0 bridgehead atoms. The van der Waals surface area contributed by atoms with Crippen LogP contribution in [0.4, 0.5) is 0 Å². The van der Waals surface area contributed by atoms with Gasteiger partial charge in [0, 0.05) is 33.1 Å². The van der Waals surface area contributed by atoms with E-state index >= 15 is 0 Å². The number of hydrogen-bond acceptors (Lipinski definition) is 4. The highest BCUT2D eigenvalue weighted by Gasteiger charge is 2.20. The maximum Gasteiger partial charge on any atom is 0.135 e. The summed E-state index contributed by atoms with van der Waals surface area (Å²) in [6.07, 6.45) is 0. The Balaban J connectivity index is 2.16. The summed E-state index contributed by atoms with van der Waals surface area (Å²) < 4.78 is 12.8. The minimum Gasteiger partial charge on any atom is -0.491 e. The minimum atomic E-state index is 0.0773. The van der Waals surface area contributed by atoms with Gasteiger partial charge in [-0.2, -0.15) is 23.5 Å². The van der Waals surface area contributed by atoms with Crippen LogP contribution >= 0.6 is 23.5 Å². The normalized spacial score (nSPS) is 11.9. The zero-order chi connectivity index (χ0) is 21.6. The molecule has 0 atom stereocenters. The van der Waals surface area contributed by atoms with Crippen molar-refractivity contribution in [2.75, 3.05) is 36.2 Å². The third kappa shape index (κ3) is 5.39. The quantitative estimate of drug-likeness (QED) is 0.238. The zero-order valence-corrected chi connectivity index (χ0v) is 20.6. The fraction of sp³-hybridized carbons (Fsp3) is 0.462. The monoisotopic (exact) mass is 442 g/mol. The molecule has 0 aliphatic heterocycles. The second-order valence-corrected chi connectivity index (χ2v) is 11.1. The second kappa shape index (κ2) is 10.7. The van der Waals surface area contributed by atoms with Gasteiger partial charge in [0.1, 0.15) is 11.5 Å². The Kier molecular flexibility index (Phi) is 8.24. The predicted octanol–water partition coefficient (Wildman–Crippen LogP) is 7.55. The Labute approximate surface area is 190 Å².